The fraction of sp³-hybridized carbons (Fsp3) is 0.242. The standard InChI is InChI=1S/C66H50Cl2F8N6O9/c1-85-25-39-27-87-31-59(39)81-57-17-33(5-11-55(57)77-61(81)19-37-15-51(75)43(23-49(37)73)53-13-9-45(69)63(79-53)89-29-35-3-7-41(67)21-47(35)71)65(83)91-66(84)34-6-12-56-58(18-34)82(60-32-88-28-40(60)26-86-2)62(78-56)20-38-16-52(76)44(24-50(38)74)54-14-10-46(70)64(80-54)90-30-36-4-8-42(68)22-48(36)72/h3-18,21-24,39-40,59-60H,19-20,25-32H2,1-2H3/t39-,40-,59+,60+/m0/s1. The van der Waals surface area contributed by atoms with Gasteiger partial charge < -0.3 is 42.3 Å². The summed E-state index contributed by atoms with van der Waals surface area (Å²) in [7, 11) is 3.05. The van der Waals surface area contributed by atoms with Gasteiger partial charge in [0.1, 0.15) is 59.8 Å². The second kappa shape index (κ2) is 26.5. The van der Waals surface area contributed by atoms with Crippen LogP contribution in [0.2, 0.25) is 10.0 Å². The summed E-state index contributed by atoms with van der Waals surface area (Å²) < 4.78 is 166. The van der Waals surface area contributed by atoms with Gasteiger partial charge in [0.05, 0.1) is 96.3 Å². The number of esters is 2. The van der Waals surface area contributed by atoms with Crippen molar-refractivity contribution < 1.29 is 77.9 Å². The zero-order valence-electron chi connectivity index (χ0n) is 48.1. The van der Waals surface area contributed by atoms with Crippen LogP contribution in [-0.4, -0.2) is 94.9 Å². The van der Waals surface area contributed by atoms with E-state index in [1.165, 1.54) is 74.9 Å². The maximum atomic E-state index is 16.3. The van der Waals surface area contributed by atoms with Crippen molar-refractivity contribution in [2.24, 2.45) is 11.8 Å². The third-order valence-corrected chi connectivity index (χ3v) is 16.3. The summed E-state index contributed by atoms with van der Waals surface area (Å²) >= 11 is 11.7. The van der Waals surface area contributed by atoms with Crippen LogP contribution in [0.1, 0.15) is 66.7 Å². The number of methoxy groups -OCH3 is 2. The second-order valence-corrected chi connectivity index (χ2v) is 22.6. The molecule has 12 rings (SSSR count). The average molecular weight is 1290 g/mol. The molecule has 10 aromatic rings. The molecule has 2 aliphatic heterocycles. The summed E-state index contributed by atoms with van der Waals surface area (Å²) in [5.41, 5.74) is 0.199. The largest absolute Gasteiger partial charge is 0.471 e. The summed E-state index contributed by atoms with van der Waals surface area (Å²) in [5.74, 6) is -10.0. The minimum absolute atomic E-state index is 0.0509. The average Bonchev–Trinajstić information content (AvgIpc) is 1.65. The lowest BCUT2D eigenvalue weighted by Gasteiger charge is -2.22. The molecule has 0 bridgehead atoms. The van der Waals surface area contributed by atoms with E-state index in [0.29, 0.717) is 22.1 Å². The number of hydrogen-bond donors (Lipinski definition) is 0. The molecular formula is C66H50Cl2F8N6O9. The summed E-state index contributed by atoms with van der Waals surface area (Å²) in [4.78, 5) is 46.0. The molecule has 91 heavy (non-hydrogen) atoms. The van der Waals surface area contributed by atoms with E-state index in [2.05, 4.69) is 9.97 Å². The number of benzene rings is 6. The van der Waals surface area contributed by atoms with Crippen molar-refractivity contribution in [3.05, 3.63) is 223 Å². The molecule has 6 aromatic carbocycles. The number of halogens is 10. The lowest BCUT2D eigenvalue weighted by Crippen LogP contribution is -2.23. The normalized spacial score (nSPS) is 16.5. The number of nitrogens with zero attached hydrogens (tertiary/aromatic N) is 6. The molecule has 6 heterocycles. The molecular weight excluding hydrogens is 1240 g/mol. The van der Waals surface area contributed by atoms with Gasteiger partial charge in [-0.2, -0.15) is 0 Å². The van der Waals surface area contributed by atoms with Gasteiger partial charge in [-0.15, -0.1) is 0 Å². The molecule has 0 amide bonds. The molecule has 0 spiro atoms. The van der Waals surface area contributed by atoms with Crippen molar-refractivity contribution in [2.75, 3.05) is 53.9 Å². The fourth-order valence-electron chi connectivity index (χ4n) is 11.3. The third-order valence-electron chi connectivity index (χ3n) is 15.8. The van der Waals surface area contributed by atoms with Crippen LogP contribution in [0.4, 0.5) is 35.1 Å². The van der Waals surface area contributed by atoms with Gasteiger partial charge in [-0.25, -0.2) is 64.6 Å². The van der Waals surface area contributed by atoms with E-state index in [4.69, 9.17) is 66.3 Å². The van der Waals surface area contributed by atoms with Crippen LogP contribution >= 0.6 is 23.2 Å². The molecule has 2 aliphatic rings. The first-order valence-corrected chi connectivity index (χ1v) is 29.0. The Balaban J connectivity index is 0.804. The highest BCUT2D eigenvalue weighted by Crippen LogP contribution is 2.38. The highest BCUT2D eigenvalue weighted by molar-refractivity contribution is 6.30. The van der Waals surface area contributed by atoms with Crippen LogP contribution in [0.25, 0.3) is 44.6 Å². The first-order valence-electron chi connectivity index (χ1n) is 28.3. The Labute approximate surface area is 523 Å². The van der Waals surface area contributed by atoms with Crippen LogP contribution in [0.15, 0.2) is 121 Å². The summed E-state index contributed by atoms with van der Waals surface area (Å²) in [5, 5.41) is 0.286. The van der Waals surface area contributed by atoms with E-state index >= 15 is 17.6 Å². The van der Waals surface area contributed by atoms with Crippen molar-refractivity contribution in [2.45, 2.75) is 38.1 Å². The molecule has 25 heteroatoms. The number of pyridine rings is 2. The first-order chi connectivity index (χ1) is 43.9. The molecule has 15 nitrogen and oxygen atoms in total. The van der Waals surface area contributed by atoms with E-state index < -0.39 is 95.5 Å². The van der Waals surface area contributed by atoms with Crippen LogP contribution in [-0.2, 0) is 49.7 Å². The minimum Gasteiger partial charge on any atom is -0.471 e. The number of aromatic nitrogens is 6. The van der Waals surface area contributed by atoms with Gasteiger partial charge in [-0.3, -0.25) is 0 Å². The molecule has 2 fully saturated rings. The first kappa shape index (κ1) is 62.4. The quantitative estimate of drug-likeness (QED) is 0.0403. The SMILES string of the molecule is COC[C@H]1COC[C@H]1n1c(Cc2cc(F)c(-c3ccc(F)c(OCc4ccc(Cl)cc4F)n3)cc2F)nc2ccc(C(=O)OC(=O)c3ccc4nc(Cc5cc(F)c(-c6ccc(F)c(OCc7ccc(Cl)cc7F)n6)cc5F)n([C@@H]5COC[C@@H]5COC)c4c3)cc21. The van der Waals surface area contributed by atoms with Gasteiger partial charge >= 0.3 is 11.9 Å². The minimum atomic E-state index is -1.05. The molecule has 0 aliphatic carbocycles. The van der Waals surface area contributed by atoms with Crippen molar-refractivity contribution >= 4 is 57.2 Å². The highest BCUT2D eigenvalue weighted by Gasteiger charge is 2.36. The Morgan fingerprint density at radius 2 is 0.890 bits per heavy atom. The predicted octanol–water partition coefficient (Wildman–Crippen LogP) is 13.9. The van der Waals surface area contributed by atoms with Crippen molar-refractivity contribution in [3.8, 4) is 34.3 Å². The molecule has 4 aromatic heterocycles. The van der Waals surface area contributed by atoms with E-state index in [-0.39, 0.29) is 142 Å². The van der Waals surface area contributed by atoms with Crippen LogP contribution < -0.4 is 9.47 Å². The number of carbonyl (C=O) groups excluding carboxylic acids is 2. The second-order valence-electron chi connectivity index (χ2n) is 21.7. The number of fused-ring (bicyclic) bond motifs is 2. The van der Waals surface area contributed by atoms with E-state index in [0.717, 1.165) is 60.7 Å². The van der Waals surface area contributed by atoms with Crippen molar-refractivity contribution in [3.63, 3.8) is 0 Å². The number of rotatable bonds is 20. The van der Waals surface area contributed by atoms with Crippen molar-refractivity contribution in [1.82, 2.24) is 29.1 Å². The lowest BCUT2D eigenvalue weighted by atomic mass is 10.0. The zero-order chi connectivity index (χ0) is 63.8. The Bertz CT molecular complexity index is 4200. The maximum absolute atomic E-state index is 16.3. The number of hydrogen-bond acceptors (Lipinski definition) is 13. The zero-order valence-corrected chi connectivity index (χ0v) is 49.6. The monoisotopic (exact) mass is 1290 g/mol. The Kier molecular flexibility index (Phi) is 18.2. The molecule has 0 radical (unpaired) electrons. The van der Waals surface area contributed by atoms with Crippen LogP contribution in [0, 0.1) is 58.4 Å². The molecule has 4 atom stereocenters. The lowest BCUT2D eigenvalue weighted by molar-refractivity contribution is 0.0397. The third kappa shape index (κ3) is 13.1. The Hall–Kier alpha value is -8.84. The van der Waals surface area contributed by atoms with Crippen molar-refractivity contribution in [1.29, 1.82) is 0 Å². The molecule has 2 saturated heterocycles. The van der Waals surface area contributed by atoms with E-state index in [1.54, 1.807) is 9.13 Å². The van der Waals surface area contributed by atoms with Gasteiger partial charge in [0, 0.05) is 71.2 Å². The maximum Gasteiger partial charge on any atom is 0.346 e. The smallest absolute Gasteiger partial charge is 0.346 e. The summed E-state index contributed by atoms with van der Waals surface area (Å²) in [6.07, 6.45) is -0.541. The highest BCUT2D eigenvalue weighted by atomic mass is 35.5. The molecule has 468 valence electrons. The predicted molar refractivity (Wildman–Crippen MR) is 316 cm³/mol. The van der Waals surface area contributed by atoms with Gasteiger partial charge in [0.25, 0.3) is 11.8 Å². The summed E-state index contributed by atoms with van der Waals surface area (Å²) in [6.45, 7) is 0.472. The summed E-state index contributed by atoms with van der Waals surface area (Å²) in [6, 6.07) is 23.5. The Morgan fingerprint density at radius 1 is 0.473 bits per heavy atom. The molecule has 0 saturated carbocycles. The van der Waals surface area contributed by atoms with Gasteiger partial charge in [0.15, 0.2) is 11.6 Å². The van der Waals surface area contributed by atoms with E-state index in [9.17, 15) is 27.2 Å². The molecule has 0 unspecified atom stereocenters. The number of ether oxygens (including phenoxy) is 7. The van der Waals surface area contributed by atoms with Gasteiger partial charge in [-0.05, 0) is 120 Å². The fourth-order valence-corrected chi connectivity index (χ4v) is 11.6. The topological polar surface area (TPSA) is 160 Å². The van der Waals surface area contributed by atoms with Crippen LogP contribution in [0.5, 0.6) is 11.8 Å². The number of carbonyl (C=O) groups is 2. The van der Waals surface area contributed by atoms with Crippen LogP contribution in [0.3, 0.4) is 0 Å². The molecule has 0 N–H and O–H groups in total. The van der Waals surface area contributed by atoms with Gasteiger partial charge in [-0.1, -0.05) is 35.3 Å². The van der Waals surface area contributed by atoms with E-state index in [1.807, 2.05) is 0 Å². The number of imidazole rings is 2. The Morgan fingerprint density at radius 3 is 1.30 bits per heavy atom. The van der Waals surface area contributed by atoms with Gasteiger partial charge in [0.2, 0.25) is 0 Å².